The first-order valence-corrected chi connectivity index (χ1v) is 6.34. The Morgan fingerprint density at radius 3 is 2.47 bits per heavy atom. The van der Waals surface area contributed by atoms with Crippen LogP contribution in [0, 0.1) is 17.8 Å². The minimum absolute atomic E-state index is 0.0198. The summed E-state index contributed by atoms with van der Waals surface area (Å²) in [5.41, 5.74) is 0. The third kappa shape index (κ3) is 3.45. The molecule has 4 nitrogen and oxygen atoms in total. The highest BCUT2D eigenvalue weighted by molar-refractivity contribution is 5.80. The van der Waals surface area contributed by atoms with E-state index in [4.69, 9.17) is 4.74 Å². The van der Waals surface area contributed by atoms with Crippen LogP contribution < -0.4 is 0 Å². The van der Waals surface area contributed by atoms with Gasteiger partial charge in [-0.15, -0.1) is 0 Å². The van der Waals surface area contributed by atoms with Gasteiger partial charge in [-0.25, -0.2) is 0 Å². The van der Waals surface area contributed by atoms with E-state index in [9.17, 15) is 9.59 Å². The fourth-order valence-corrected chi connectivity index (χ4v) is 2.11. The molecule has 17 heavy (non-hydrogen) atoms. The predicted octanol–water partition coefficient (Wildman–Crippen LogP) is 1.69. The van der Waals surface area contributed by atoms with E-state index in [2.05, 4.69) is 0 Å². The number of piperidine rings is 1. The fraction of sp³-hybridized carbons (Fsp3) is 0.846. The summed E-state index contributed by atoms with van der Waals surface area (Å²) in [5.74, 6) is 0.178. The molecule has 2 atom stereocenters. The van der Waals surface area contributed by atoms with E-state index < -0.39 is 0 Å². The van der Waals surface area contributed by atoms with Crippen LogP contribution in [-0.2, 0) is 14.3 Å². The lowest BCUT2D eigenvalue weighted by molar-refractivity contribution is -0.150. The molecule has 1 fully saturated rings. The number of carbonyl (C=O) groups is 2. The topological polar surface area (TPSA) is 46.6 Å². The van der Waals surface area contributed by atoms with E-state index in [0.717, 1.165) is 19.4 Å². The Bertz CT molecular complexity index is 288. The zero-order valence-corrected chi connectivity index (χ0v) is 11.2. The second-order valence-electron chi connectivity index (χ2n) is 5.18. The van der Waals surface area contributed by atoms with Crippen LogP contribution in [0.1, 0.15) is 33.6 Å². The van der Waals surface area contributed by atoms with E-state index in [0.29, 0.717) is 12.5 Å². The summed E-state index contributed by atoms with van der Waals surface area (Å²) in [7, 11) is 1.40. The highest BCUT2D eigenvalue weighted by Gasteiger charge is 2.31. The van der Waals surface area contributed by atoms with Gasteiger partial charge in [0.25, 0.3) is 0 Å². The maximum atomic E-state index is 12.2. The van der Waals surface area contributed by atoms with Crippen molar-refractivity contribution < 1.29 is 14.3 Å². The minimum atomic E-state index is -0.195. The minimum Gasteiger partial charge on any atom is -0.469 e. The number of esters is 1. The van der Waals surface area contributed by atoms with E-state index in [1.54, 1.807) is 0 Å². The lowest BCUT2D eigenvalue weighted by atomic mass is 9.93. The summed E-state index contributed by atoms with van der Waals surface area (Å²) in [4.78, 5) is 25.5. The van der Waals surface area contributed by atoms with Crippen molar-refractivity contribution in [2.45, 2.75) is 33.6 Å². The van der Waals surface area contributed by atoms with Crippen molar-refractivity contribution in [3.8, 4) is 0 Å². The normalized spacial score (nSPS) is 22.4. The molecule has 0 N–H and O–H groups in total. The van der Waals surface area contributed by atoms with Crippen LogP contribution >= 0.6 is 0 Å². The van der Waals surface area contributed by atoms with Gasteiger partial charge in [0, 0.05) is 19.0 Å². The molecule has 1 heterocycles. The molecule has 0 aromatic rings. The van der Waals surface area contributed by atoms with Crippen LogP contribution in [0.25, 0.3) is 0 Å². The number of hydrogen-bond donors (Lipinski definition) is 0. The largest absolute Gasteiger partial charge is 0.469 e. The van der Waals surface area contributed by atoms with Crippen molar-refractivity contribution >= 4 is 11.9 Å². The van der Waals surface area contributed by atoms with Crippen LogP contribution in [0.15, 0.2) is 0 Å². The molecule has 0 aliphatic carbocycles. The van der Waals surface area contributed by atoms with Gasteiger partial charge in [0.05, 0.1) is 13.0 Å². The van der Waals surface area contributed by atoms with Crippen LogP contribution in [-0.4, -0.2) is 37.0 Å². The summed E-state index contributed by atoms with van der Waals surface area (Å²) < 4.78 is 4.75. The summed E-state index contributed by atoms with van der Waals surface area (Å²) in [6, 6.07) is 0. The Morgan fingerprint density at radius 1 is 1.29 bits per heavy atom. The molecule has 0 radical (unpaired) electrons. The Labute approximate surface area is 103 Å². The summed E-state index contributed by atoms with van der Waals surface area (Å²) in [5, 5.41) is 0. The molecule has 1 aliphatic rings. The molecule has 0 bridgehead atoms. The first kappa shape index (κ1) is 14.0. The van der Waals surface area contributed by atoms with E-state index in [1.165, 1.54) is 7.11 Å². The van der Waals surface area contributed by atoms with Crippen LogP contribution in [0.5, 0.6) is 0 Å². The highest BCUT2D eigenvalue weighted by atomic mass is 16.5. The van der Waals surface area contributed by atoms with E-state index >= 15 is 0 Å². The fourth-order valence-electron chi connectivity index (χ4n) is 2.11. The molecule has 0 saturated carbocycles. The van der Waals surface area contributed by atoms with Gasteiger partial charge in [0.1, 0.15) is 0 Å². The molecule has 1 aliphatic heterocycles. The van der Waals surface area contributed by atoms with E-state index in [1.807, 2.05) is 25.7 Å². The number of hydrogen-bond acceptors (Lipinski definition) is 3. The van der Waals surface area contributed by atoms with Crippen molar-refractivity contribution in [2.24, 2.45) is 17.8 Å². The van der Waals surface area contributed by atoms with Crippen molar-refractivity contribution in [1.29, 1.82) is 0 Å². The van der Waals surface area contributed by atoms with Crippen LogP contribution in [0.4, 0.5) is 0 Å². The van der Waals surface area contributed by atoms with Gasteiger partial charge in [-0.1, -0.05) is 20.8 Å². The zero-order valence-electron chi connectivity index (χ0n) is 11.2. The average Bonchev–Trinajstić information content (AvgIpc) is 2.36. The van der Waals surface area contributed by atoms with Gasteiger partial charge in [0.2, 0.25) is 5.91 Å². The van der Waals surface area contributed by atoms with Gasteiger partial charge in [0.15, 0.2) is 0 Å². The van der Waals surface area contributed by atoms with Gasteiger partial charge in [-0.05, 0) is 18.8 Å². The van der Waals surface area contributed by atoms with Crippen molar-refractivity contribution in [3.05, 3.63) is 0 Å². The Balaban J connectivity index is 2.60. The second kappa shape index (κ2) is 6.03. The molecule has 4 heteroatoms. The molecular weight excluding hydrogens is 218 g/mol. The first-order chi connectivity index (χ1) is 7.97. The number of amides is 1. The smallest absolute Gasteiger partial charge is 0.310 e. The molecule has 1 amide bonds. The molecule has 1 saturated heterocycles. The third-order valence-corrected chi connectivity index (χ3v) is 3.66. The predicted molar refractivity (Wildman–Crippen MR) is 65.3 cm³/mol. The summed E-state index contributed by atoms with van der Waals surface area (Å²) >= 11 is 0. The number of rotatable bonds is 3. The Kier molecular flexibility index (Phi) is 4.97. The molecule has 0 spiro atoms. The number of likely N-dealkylation sites (tertiary alicyclic amines) is 1. The molecular formula is C13H23NO3. The Morgan fingerprint density at radius 2 is 1.94 bits per heavy atom. The number of carbonyl (C=O) groups excluding carboxylic acids is 2. The van der Waals surface area contributed by atoms with Gasteiger partial charge < -0.3 is 9.64 Å². The number of ether oxygens (including phenoxy) is 1. The molecule has 98 valence electrons. The lowest BCUT2D eigenvalue weighted by Crippen LogP contribution is -2.45. The molecule has 0 aromatic heterocycles. The van der Waals surface area contributed by atoms with Gasteiger partial charge in [-0.2, -0.15) is 0 Å². The van der Waals surface area contributed by atoms with Crippen molar-refractivity contribution in [1.82, 2.24) is 4.90 Å². The van der Waals surface area contributed by atoms with Crippen LogP contribution in [0.2, 0.25) is 0 Å². The maximum absolute atomic E-state index is 12.2. The molecule has 2 unspecified atom stereocenters. The summed E-state index contributed by atoms with van der Waals surface area (Å²) in [6.07, 6.45) is 1.71. The highest BCUT2D eigenvalue weighted by Crippen LogP contribution is 2.21. The second-order valence-corrected chi connectivity index (χ2v) is 5.18. The third-order valence-electron chi connectivity index (χ3n) is 3.66. The SMILES string of the molecule is COC(=O)C1CCCN(C(=O)C(C)C(C)C)C1. The quantitative estimate of drug-likeness (QED) is 0.706. The molecule has 0 aromatic carbocycles. The van der Waals surface area contributed by atoms with Crippen molar-refractivity contribution in [2.75, 3.05) is 20.2 Å². The zero-order chi connectivity index (χ0) is 13.0. The monoisotopic (exact) mass is 241 g/mol. The number of nitrogens with zero attached hydrogens (tertiary/aromatic N) is 1. The number of methoxy groups -OCH3 is 1. The summed E-state index contributed by atoms with van der Waals surface area (Å²) in [6.45, 7) is 7.33. The van der Waals surface area contributed by atoms with Gasteiger partial charge >= 0.3 is 5.97 Å². The standard InChI is InChI=1S/C13H23NO3/c1-9(2)10(3)12(15)14-7-5-6-11(8-14)13(16)17-4/h9-11H,5-8H2,1-4H3. The van der Waals surface area contributed by atoms with Crippen LogP contribution in [0.3, 0.4) is 0 Å². The Hall–Kier alpha value is -1.06. The van der Waals surface area contributed by atoms with Gasteiger partial charge in [-0.3, -0.25) is 9.59 Å². The maximum Gasteiger partial charge on any atom is 0.310 e. The lowest BCUT2D eigenvalue weighted by Gasteiger charge is -2.33. The average molecular weight is 241 g/mol. The van der Waals surface area contributed by atoms with Crippen molar-refractivity contribution in [3.63, 3.8) is 0 Å². The first-order valence-electron chi connectivity index (χ1n) is 6.34. The molecule has 1 rings (SSSR count). The van der Waals surface area contributed by atoms with E-state index in [-0.39, 0.29) is 23.7 Å².